The van der Waals surface area contributed by atoms with Crippen LogP contribution in [0.25, 0.3) is 0 Å². The molecule has 146 valence electrons. The first kappa shape index (κ1) is 18.8. The van der Waals surface area contributed by atoms with E-state index in [1.165, 1.54) is 15.4 Å². The van der Waals surface area contributed by atoms with Crippen molar-refractivity contribution in [3.8, 4) is 0 Å². The fraction of sp³-hybridized carbons (Fsp3) is 0.391. The van der Waals surface area contributed by atoms with Gasteiger partial charge in [-0.2, -0.15) is 0 Å². The third-order valence-corrected chi connectivity index (χ3v) is 6.20. The second kappa shape index (κ2) is 7.86. The zero-order valence-corrected chi connectivity index (χ0v) is 16.7. The van der Waals surface area contributed by atoms with E-state index in [0.29, 0.717) is 6.42 Å². The fourth-order valence-corrected chi connectivity index (χ4v) is 4.68. The van der Waals surface area contributed by atoms with Crippen LogP contribution in [-0.4, -0.2) is 44.0 Å². The van der Waals surface area contributed by atoms with Gasteiger partial charge in [-0.05, 0) is 25.0 Å². The molecule has 2 N–H and O–H groups in total. The third kappa shape index (κ3) is 3.60. The number of anilines is 1. The average molecular weight is 380 g/mol. The highest BCUT2D eigenvalue weighted by atomic mass is 16.2. The zero-order chi connectivity index (χ0) is 19.7. The average Bonchev–Trinajstić information content (AvgIpc) is 2.98. The Kier molecular flexibility index (Phi) is 5.29. The molecule has 5 heteroatoms. The summed E-state index contributed by atoms with van der Waals surface area (Å²) in [5, 5.41) is 0. The number of hydrogen-bond acceptors (Lipinski definition) is 2. The van der Waals surface area contributed by atoms with Gasteiger partial charge in [0.1, 0.15) is 32.7 Å². The molecule has 0 saturated carbocycles. The minimum absolute atomic E-state index is 0.0242. The van der Waals surface area contributed by atoms with Gasteiger partial charge in [-0.15, -0.1) is 0 Å². The molecule has 2 amide bonds. The van der Waals surface area contributed by atoms with Crippen LogP contribution in [0.2, 0.25) is 0 Å². The lowest BCUT2D eigenvalue weighted by atomic mass is 10.1. The topological polar surface area (TPSA) is 46.3 Å². The molecule has 2 aromatic rings. The van der Waals surface area contributed by atoms with E-state index in [9.17, 15) is 9.59 Å². The second-order valence-electron chi connectivity index (χ2n) is 8.14. The minimum Gasteiger partial charge on any atom is -0.322 e. The maximum absolute atomic E-state index is 13.2. The molecule has 0 unspecified atom stereocenters. The highest BCUT2D eigenvalue weighted by Gasteiger charge is 2.47. The molecule has 2 aromatic carbocycles. The Labute approximate surface area is 166 Å². The van der Waals surface area contributed by atoms with Crippen LogP contribution in [-0.2, 0) is 16.1 Å². The molecule has 0 bridgehead atoms. The SMILES string of the molecule is Cc1cccc(C)c1N1C(=O)C[C@H]([NH+]2CC[NH+](Cc3ccccc3)CC2)C1=O. The minimum atomic E-state index is -0.232. The number of carbonyl (C=O) groups is 2. The van der Waals surface area contributed by atoms with Crippen LogP contribution in [0.5, 0.6) is 0 Å². The van der Waals surface area contributed by atoms with E-state index in [1.807, 2.05) is 38.1 Å². The molecular weight excluding hydrogens is 350 g/mol. The lowest BCUT2D eigenvalue weighted by Crippen LogP contribution is -3.29. The Hall–Kier alpha value is -2.50. The van der Waals surface area contributed by atoms with E-state index in [-0.39, 0.29) is 17.9 Å². The van der Waals surface area contributed by atoms with Crippen molar-refractivity contribution in [1.29, 1.82) is 0 Å². The van der Waals surface area contributed by atoms with Crippen LogP contribution in [0, 0.1) is 13.8 Å². The predicted molar refractivity (Wildman–Crippen MR) is 108 cm³/mol. The van der Waals surface area contributed by atoms with Gasteiger partial charge in [-0.1, -0.05) is 48.5 Å². The molecule has 0 aliphatic carbocycles. The Bertz CT molecular complexity index is 852. The largest absolute Gasteiger partial charge is 0.322 e. The van der Waals surface area contributed by atoms with Crippen molar-refractivity contribution in [2.45, 2.75) is 32.9 Å². The predicted octanol–water partition coefficient (Wildman–Crippen LogP) is -0.0811. The van der Waals surface area contributed by atoms with Crippen molar-refractivity contribution in [3.05, 3.63) is 65.2 Å². The van der Waals surface area contributed by atoms with Gasteiger partial charge in [0.25, 0.3) is 5.91 Å². The van der Waals surface area contributed by atoms with Gasteiger partial charge in [0.05, 0.1) is 12.1 Å². The van der Waals surface area contributed by atoms with E-state index >= 15 is 0 Å². The summed E-state index contributed by atoms with van der Waals surface area (Å²) in [5.74, 6) is -0.0807. The molecule has 28 heavy (non-hydrogen) atoms. The van der Waals surface area contributed by atoms with E-state index in [0.717, 1.165) is 49.5 Å². The second-order valence-corrected chi connectivity index (χ2v) is 8.14. The van der Waals surface area contributed by atoms with Crippen molar-refractivity contribution in [2.75, 3.05) is 31.1 Å². The summed E-state index contributed by atoms with van der Waals surface area (Å²) in [5.41, 5.74) is 4.10. The molecule has 2 saturated heterocycles. The van der Waals surface area contributed by atoms with Crippen molar-refractivity contribution < 1.29 is 19.4 Å². The first-order valence-corrected chi connectivity index (χ1v) is 10.2. The van der Waals surface area contributed by atoms with Crippen LogP contribution in [0.4, 0.5) is 5.69 Å². The highest BCUT2D eigenvalue weighted by Crippen LogP contribution is 2.29. The summed E-state index contributed by atoms with van der Waals surface area (Å²) in [6.45, 7) is 8.90. The van der Waals surface area contributed by atoms with Crippen LogP contribution < -0.4 is 14.7 Å². The van der Waals surface area contributed by atoms with Crippen molar-refractivity contribution >= 4 is 17.5 Å². The molecule has 2 aliphatic rings. The summed E-state index contributed by atoms with van der Waals surface area (Å²) >= 11 is 0. The van der Waals surface area contributed by atoms with Gasteiger partial charge < -0.3 is 9.80 Å². The van der Waals surface area contributed by atoms with Crippen LogP contribution in [0.15, 0.2) is 48.5 Å². The first-order chi connectivity index (χ1) is 13.5. The molecule has 2 fully saturated rings. The van der Waals surface area contributed by atoms with Crippen molar-refractivity contribution in [2.24, 2.45) is 0 Å². The number of piperazine rings is 1. The van der Waals surface area contributed by atoms with E-state index in [1.54, 1.807) is 4.90 Å². The van der Waals surface area contributed by atoms with Gasteiger partial charge in [0, 0.05) is 5.56 Å². The summed E-state index contributed by atoms with van der Waals surface area (Å²) in [6.07, 6.45) is 0.329. The summed E-state index contributed by atoms with van der Waals surface area (Å²) in [4.78, 5) is 30.2. The summed E-state index contributed by atoms with van der Waals surface area (Å²) in [7, 11) is 0. The smallest absolute Gasteiger partial charge is 0.292 e. The number of amides is 2. The number of nitrogens with one attached hydrogen (secondary N) is 2. The van der Waals surface area contributed by atoms with E-state index in [2.05, 4.69) is 24.3 Å². The molecule has 4 rings (SSSR count). The monoisotopic (exact) mass is 379 g/mol. The fourth-order valence-electron chi connectivity index (χ4n) is 4.68. The number of rotatable bonds is 4. The van der Waals surface area contributed by atoms with Gasteiger partial charge in [0.2, 0.25) is 5.91 Å². The number of hydrogen-bond donors (Lipinski definition) is 2. The molecule has 2 aliphatic heterocycles. The Balaban J connectivity index is 1.42. The number of imide groups is 1. The summed E-state index contributed by atoms with van der Waals surface area (Å²) < 4.78 is 0. The van der Waals surface area contributed by atoms with Gasteiger partial charge in [-0.25, -0.2) is 4.90 Å². The van der Waals surface area contributed by atoms with Crippen LogP contribution in [0.1, 0.15) is 23.1 Å². The van der Waals surface area contributed by atoms with Crippen molar-refractivity contribution in [1.82, 2.24) is 0 Å². The third-order valence-electron chi connectivity index (χ3n) is 6.20. The number of nitrogens with zero attached hydrogens (tertiary/aromatic N) is 1. The first-order valence-electron chi connectivity index (χ1n) is 10.2. The Morgan fingerprint density at radius 2 is 1.54 bits per heavy atom. The molecule has 0 spiro atoms. The molecule has 0 aromatic heterocycles. The molecular formula is C23H29N3O2+2. The van der Waals surface area contributed by atoms with Gasteiger partial charge >= 0.3 is 0 Å². The summed E-state index contributed by atoms with van der Waals surface area (Å²) in [6, 6.07) is 16.2. The number of benzene rings is 2. The quantitative estimate of drug-likeness (QED) is 0.730. The Morgan fingerprint density at radius 3 is 2.18 bits per heavy atom. The lowest BCUT2D eigenvalue weighted by Gasteiger charge is -2.32. The maximum Gasteiger partial charge on any atom is 0.292 e. The number of aryl methyl sites for hydroxylation is 2. The Morgan fingerprint density at radius 1 is 0.893 bits per heavy atom. The van der Waals surface area contributed by atoms with E-state index in [4.69, 9.17) is 0 Å². The highest BCUT2D eigenvalue weighted by molar-refractivity contribution is 6.22. The number of para-hydroxylation sites is 1. The molecule has 2 heterocycles. The van der Waals surface area contributed by atoms with Crippen molar-refractivity contribution in [3.63, 3.8) is 0 Å². The lowest BCUT2D eigenvalue weighted by molar-refractivity contribution is -1.02. The number of carbonyl (C=O) groups excluding carboxylic acids is 2. The van der Waals surface area contributed by atoms with Crippen LogP contribution in [0.3, 0.4) is 0 Å². The van der Waals surface area contributed by atoms with E-state index < -0.39 is 0 Å². The zero-order valence-electron chi connectivity index (χ0n) is 16.7. The van der Waals surface area contributed by atoms with Crippen LogP contribution >= 0.6 is 0 Å². The normalized spacial score (nSPS) is 25.4. The molecule has 5 nitrogen and oxygen atoms in total. The number of quaternary nitrogens is 2. The standard InChI is InChI=1S/C23H27N3O2/c1-17-7-6-8-18(2)22(17)26-21(27)15-20(23(26)28)25-13-11-24(12-14-25)16-19-9-4-3-5-10-19/h3-10,20H,11-16H2,1-2H3/p+2/t20-/m0/s1. The molecule has 0 radical (unpaired) electrons. The molecule has 1 atom stereocenters. The maximum atomic E-state index is 13.2. The van der Waals surface area contributed by atoms with Gasteiger partial charge in [-0.3, -0.25) is 9.59 Å². The van der Waals surface area contributed by atoms with Gasteiger partial charge in [0.15, 0.2) is 6.04 Å².